The van der Waals surface area contributed by atoms with Gasteiger partial charge in [-0.25, -0.2) is 4.79 Å². The largest absolute Gasteiger partial charge is 0.506 e. The number of likely N-dealkylation sites (N-methyl/N-ethyl adjacent to an activating group) is 1. The number of carboxylic acid groups (broad SMARTS) is 1. The van der Waals surface area contributed by atoms with Gasteiger partial charge in [-0.2, -0.15) is 0 Å². The van der Waals surface area contributed by atoms with E-state index in [1.807, 2.05) is 32.2 Å². The molecule has 176 valence electrons. The number of aromatic hydroxyl groups is 1. The zero-order valence-corrected chi connectivity index (χ0v) is 19.4. The van der Waals surface area contributed by atoms with Crippen molar-refractivity contribution in [3.8, 4) is 17.0 Å². The van der Waals surface area contributed by atoms with E-state index in [1.165, 1.54) is 19.3 Å². The first-order chi connectivity index (χ1) is 15.8. The van der Waals surface area contributed by atoms with Gasteiger partial charge in [-0.1, -0.05) is 19.4 Å². The predicted molar refractivity (Wildman–Crippen MR) is 129 cm³/mol. The fraction of sp³-hybridized carbons (Fsp3) is 0.440. The second kappa shape index (κ2) is 9.41. The highest BCUT2D eigenvalue weighted by Crippen LogP contribution is 2.32. The van der Waals surface area contributed by atoms with Gasteiger partial charge in [-0.15, -0.1) is 0 Å². The van der Waals surface area contributed by atoms with Gasteiger partial charge in [0.15, 0.2) is 5.56 Å². The predicted octanol–water partition coefficient (Wildman–Crippen LogP) is 3.07. The molecule has 0 spiro atoms. The summed E-state index contributed by atoms with van der Waals surface area (Å²) in [6.07, 6.45) is 4.18. The van der Waals surface area contributed by atoms with E-state index >= 15 is 0 Å². The molecule has 4 rings (SSSR count). The lowest BCUT2D eigenvalue weighted by molar-refractivity contribution is 0.0691. The molecule has 1 aliphatic heterocycles. The molecule has 1 fully saturated rings. The minimum absolute atomic E-state index is 0.385. The molecular formula is C25H32N4O4. The van der Waals surface area contributed by atoms with Crippen LogP contribution in [0.15, 0.2) is 29.1 Å². The summed E-state index contributed by atoms with van der Waals surface area (Å²) in [6.45, 7) is 4.70. The van der Waals surface area contributed by atoms with Crippen molar-refractivity contribution in [2.24, 2.45) is 7.05 Å². The summed E-state index contributed by atoms with van der Waals surface area (Å²) in [5.74, 6) is -1.90. The molecule has 0 aliphatic carbocycles. The number of H-pyrrole nitrogens is 1. The van der Waals surface area contributed by atoms with E-state index in [9.17, 15) is 19.8 Å². The summed E-state index contributed by atoms with van der Waals surface area (Å²) in [5, 5.41) is 24.4. The normalized spacial score (nSPS) is 17.0. The summed E-state index contributed by atoms with van der Waals surface area (Å²) in [7, 11) is 4.23. The number of piperidine rings is 1. The van der Waals surface area contributed by atoms with Crippen LogP contribution < -0.4 is 10.9 Å². The first-order valence-corrected chi connectivity index (χ1v) is 11.5. The van der Waals surface area contributed by atoms with Crippen molar-refractivity contribution in [2.45, 2.75) is 45.2 Å². The molecule has 0 amide bonds. The second-order valence-electron chi connectivity index (χ2n) is 8.92. The minimum Gasteiger partial charge on any atom is -0.506 e. The minimum atomic E-state index is -1.44. The standard InChI is InChI=1S/C25H32N4O4/c1-4-19-22(27-24(31)21(23(19)30)25(32)33)15-8-9-20-16(11-15)12-18(29(20)3)14-26-13-17-7-5-6-10-28(17)2/h8-9,11-12,17,26H,4-7,10,13-14H2,1-3H3,(H,32,33)(H2,27,30,31). The Hall–Kier alpha value is -3.10. The van der Waals surface area contributed by atoms with Crippen molar-refractivity contribution < 1.29 is 15.0 Å². The number of aromatic carboxylic acids is 1. The Morgan fingerprint density at radius 2 is 2.03 bits per heavy atom. The van der Waals surface area contributed by atoms with Crippen molar-refractivity contribution >= 4 is 16.9 Å². The molecule has 1 aliphatic rings. The Labute approximate surface area is 192 Å². The van der Waals surface area contributed by atoms with Crippen molar-refractivity contribution in [1.82, 2.24) is 19.8 Å². The van der Waals surface area contributed by atoms with Gasteiger partial charge in [-0.05, 0) is 56.6 Å². The van der Waals surface area contributed by atoms with E-state index in [-0.39, 0.29) is 0 Å². The molecule has 33 heavy (non-hydrogen) atoms. The first kappa shape index (κ1) is 23.1. The van der Waals surface area contributed by atoms with Gasteiger partial charge in [0, 0.05) is 48.3 Å². The number of hydrogen-bond donors (Lipinski definition) is 4. The molecular weight excluding hydrogens is 420 g/mol. The number of pyridine rings is 1. The Bertz CT molecular complexity index is 1240. The van der Waals surface area contributed by atoms with Gasteiger partial charge in [-0.3, -0.25) is 4.79 Å². The zero-order valence-electron chi connectivity index (χ0n) is 19.4. The highest BCUT2D eigenvalue weighted by atomic mass is 16.4. The summed E-state index contributed by atoms with van der Waals surface area (Å²) in [4.78, 5) is 28.8. The van der Waals surface area contributed by atoms with Crippen molar-refractivity contribution in [1.29, 1.82) is 0 Å². The van der Waals surface area contributed by atoms with Gasteiger partial charge in [0.2, 0.25) is 0 Å². The molecule has 0 saturated carbocycles. The average Bonchev–Trinajstić information content (AvgIpc) is 3.09. The van der Waals surface area contributed by atoms with Crippen LogP contribution in [-0.2, 0) is 20.0 Å². The van der Waals surface area contributed by atoms with Gasteiger partial charge in [0.05, 0.1) is 5.69 Å². The Morgan fingerprint density at radius 1 is 1.24 bits per heavy atom. The van der Waals surface area contributed by atoms with E-state index in [1.54, 1.807) is 0 Å². The maximum Gasteiger partial charge on any atom is 0.345 e. The van der Waals surface area contributed by atoms with Crippen molar-refractivity contribution in [2.75, 3.05) is 20.1 Å². The van der Waals surface area contributed by atoms with Crippen LogP contribution in [0.5, 0.6) is 5.75 Å². The SMILES string of the molecule is CCc1c(-c2ccc3c(c2)cc(CNCC2CCCCN2C)n3C)[nH]c(=O)c(C(=O)O)c1O. The molecule has 2 aromatic heterocycles. The van der Waals surface area contributed by atoms with Crippen LogP contribution in [0, 0.1) is 0 Å². The van der Waals surface area contributed by atoms with Crippen LogP contribution in [0.3, 0.4) is 0 Å². The second-order valence-corrected chi connectivity index (χ2v) is 8.92. The van der Waals surface area contributed by atoms with Crippen LogP contribution in [0.25, 0.3) is 22.2 Å². The van der Waals surface area contributed by atoms with Crippen LogP contribution >= 0.6 is 0 Å². The molecule has 1 unspecified atom stereocenters. The fourth-order valence-electron chi connectivity index (χ4n) is 4.92. The van der Waals surface area contributed by atoms with E-state index in [0.717, 1.165) is 41.8 Å². The molecule has 8 nitrogen and oxygen atoms in total. The van der Waals surface area contributed by atoms with Crippen molar-refractivity contribution in [3.05, 3.63) is 51.4 Å². The number of benzene rings is 1. The number of hydrogen-bond acceptors (Lipinski definition) is 5. The number of aromatic nitrogens is 2. The first-order valence-electron chi connectivity index (χ1n) is 11.5. The number of carboxylic acids is 1. The monoisotopic (exact) mass is 452 g/mol. The summed E-state index contributed by atoms with van der Waals surface area (Å²) in [6, 6.07) is 8.55. The average molecular weight is 453 g/mol. The summed E-state index contributed by atoms with van der Waals surface area (Å²) >= 11 is 0. The summed E-state index contributed by atoms with van der Waals surface area (Å²) in [5.41, 5.74) is 2.41. The van der Waals surface area contributed by atoms with E-state index in [4.69, 9.17) is 0 Å². The number of rotatable bonds is 7. The fourth-order valence-corrected chi connectivity index (χ4v) is 4.92. The maximum atomic E-state index is 12.3. The molecule has 8 heteroatoms. The van der Waals surface area contributed by atoms with E-state index in [0.29, 0.717) is 23.7 Å². The van der Waals surface area contributed by atoms with E-state index < -0.39 is 22.8 Å². The summed E-state index contributed by atoms with van der Waals surface area (Å²) < 4.78 is 2.16. The topological polar surface area (TPSA) is 111 Å². The number of likely N-dealkylation sites (tertiary alicyclic amines) is 1. The van der Waals surface area contributed by atoms with Crippen LogP contribution in [0.4, 0.5) is 0 Å². The third-order valence-electron chi connectivity index (χ3n) is 6.90. The van der Waals surface area contributed by atoms with Crippen molar-refractivity contribution in [3.63, 3.8) is 0 Å². The van der Waals surface area contributed by atoms with Gasteiger partial charge in [0.25, 0.3) is 5.56 Å². The third-order valence-corrected chi connectivity index (χ3v) is 6.90. The third kappa shape index (κ3) is 4.41. The van der Waals surface area contributed by atoms with Crippen LogP contribution in [0.1, 0.15) is 47.8 Å². The zero-order chi connectivity index (χ0) is 23.7. The Morgan fingerprint density at radius 3 is 2.73 bits per heavy atom. The molecule has 0 bridgehead atoms. The molecule has 0 radical (unpaired) electrons. The van der Waals surface area contributed by atoms with Gasteiger partial charge in [0.1, 0.15) is 5.75 Å². The number of nitrogens with one attached hydrogen (secondary N) is 2. The quantitative estimate of drug-likeness (QED) is 0.439. The molecule has 1 aromatic carbocycles. The van der Waals surface area contributed by atoms with Crippen LogP contribution in [0.2, 0.25) is 0 Å². The number of aryl methyl sites for hydroxylation is 1. The van der Waals surface area contributed by atoms with Gasteiger partial charge < -0.3 is 30.0 Å². The molecule has 1 saturated heterocycles. The molecule has 4 N–H and O–H groups in total. The van der Waals surface area contributed by atoms with E-state index in [2.05, 4.69) is 32.9 Å². The highest BCUT2D eigenvalue weighted by Gasteiger charge is 2.22. The lowest BCUT2D eigenvalue weighted by Crippen LogP contribution is -2.42. The lowest BCUT2D eigenvalue weighted by Gasteiger charge is -2.32. The van der Waals surface area contributed by atoms with Gasteiger partial charge >= 0.3 is 5.97 Å². The number of fused-ring (bicyclic) bond motifs is 1. The highest BCUT2D eigenvalue weighted by molar-refractivity contribution is 5.92. The molecule has 3 aromatic rings. The molecule has 1 atom stereocenters. The molecule has 3 heterocycles. The Balaban J connectivity index is 1.62. The number of carbonyl (C=O) groups is 1. The Kier molecular flexibility index (Phi) is 6.58. The lowest BCUT2D eigenvalue weighted by atomic mass is 9.99. The van der Waals surface area contributed by atoms with Crippen LogP contribution in [-0.4, -0.2) is 56.8 Å². The smallest absolute Gasteiger partial charge is 0.345 e. The maximum absolute atomic E-state index is 12.3. The number of aromatic amines is 1. The number of nitrogens with zero attached hydrogens (tertiary/aromatic N) is 2.